The average molecular weight is 775 g/mol. The zero-order valence-corrected chi connectivity index (χ0v) is 33.2. The van der Waals surface area contributed by atoms with E-state index in [1.165, 1.54) is 4.90 Å². The number of carboxylic acid groups (broad SMARTS) is 2. The smallest absolute Gasteiger partial charge is 0.352 e. The molecule has 4 fully saturated rings. The summed E-state index contributed by atoms with van der Waals surface area (Å²) in [5.41, 5.74) is 9.78. The first-order chi connectivity index (χ1) is 26.7. The van der Waals surface area contributed by atoms with Crippen molar-refractivity contribution in [1.82, 2.24) is 4.90 Å². The van der Waals surface area contributed by atoms with Gasteiger partial charge in [0.15, 0.2) is 12.3 Å². The number of carbonyl (C=O) groups is 5. The molecule has 0 aromatic heterocycles. The van der Waals surface area contributed by atoms with Gasteiger partial charge in [-0.25, -0.2) is 4.79 Å². The number of nitrogens with two attached hydrogens (primary N) is 1. The molecule has 4 saturated heterocycles. The van der Waals surface area contributed by atoms with E-state index in [-0.39, 0.29) is 41.7 Å². The van der Waals surface area contributed by atoms with Crippen LogP contribution < -0.4 is 10.5 Å². The fourth-order valence-corrected chi connectivity index (χ4v) is 9.82. The van der Waals surface area contributed by atoms with Crippen molar-refractivity contribution in [2.24, 2.45) is 23.5 Å². The van der Waals surface area contributed by atoms with Crippen LogP contribution in [0.15, 0.2) is 47.7 Å². The molecule has 2 aromatic carbocycles. The number of piperazine rings is 3. The number of hydrogen-bond acceptors (Lipinski definition) is 7. The van der Waals surface area contributed by atoms with Crippen molar-refractivity contribution in [2.75, 3.05) is 59.0 Å². The van der Waals surface area contributed by atoms with Crippen molar-refractivity contribution in [2.45, 2.75) is 78.4 Å². The lowest BCUT2D eigenvalue weighted by atomic mass is 9.78. The number of carbonyl (C=O) groups excluding carboxylic acids is 3. The van der Waals surface area contributed by atoms with Crippen LogP contribution in [0.25, 0.3) is 11.1 Å². The molecule has 302 valence electrons. The molecule has 0 radical (unpaired) electrons. The van der Waals surface area contributed by atoms with Crippen LogP contribution in [0.2, 0.25) is 0 Å². The van der Waals surface area contributed by atoms with Gasteiger partial charge in [0.1, 0.15) is 57.3 Å². The van der Waals surface area contributed by atoms with Gasteiger partial charge in [-0.2, -0.15) is 0 Å². The number of aliphatic hydroxyl groups excluding tert-OH is 1. The van der Waals surface area contributed by atoms with Crippen LogP contribution in [0.4, 0.5) is 0 Å². The summed E-state index contributed by atoms with van der Waals surface area (Å²) in [6.45, 7) is 15.1. The fourth-order valence-electron chi connectivity index (χ4n) is 9.82. The Kier molecular flexibility index (Phi) is 12.1. The zero-order chi connectivity index (χ0) is 40.5. The summed E-state index contributed by atoms with van der Waals surface area (Å²) < 4.78 is 8.20. The summed E-state index contributed by atoms with van der Waals surface area (Å²) >= 11 is 0. The van der Waals surface area contributed by atoms with Gasteiger partial charge < -0.3 is 39.7 Å². The second-order valence-corrected chi connectivity index (χ2v) is 16.7. The van der Waals surface area contributed by atoms with Gasteiger partial charge in [-0.15, -0.1) is 0 Å². The number of benzene rings is 2. The number of primary amides is 1. The normalized spacial score (nSPS) is 26.7. The summed E-state index contributed by atoms with van der Waals surface area (Å²) in [4.78, 5) is 61.8. The van der Waals surface area contributed by atoms with Crippen LogP contribution in [-0.2, 0) is 25.6 Å². The monoisotopic (exact) mass is 774 g/mol. The number of quaternary nitrogens is 2. The molecular formula is C43H58N4O9+2. The van der Waals surface area contributed by atoms with Crippen molar-refractivity contribution in [1.29, 1.82) is 0 Å². The second kappa shape index (κ2) is 16.5. The van der Waals surface area contributed by atoms with Crippen LogP contribution in [-0.4, -0.2) is 130 Å². The Balaban J connectivity index is 0.000000470. The van der Waals surface area contributed by atoms with Crippen molar-refractivity contribution in [3.8, 4) is 16.9 Å². The Morgan fingerprint density at radius 2 is 1.62 bits per heavy atom. The number of aliphatic carboxylic acids is 2. The highest BCUT2D eigenvalue weighted by atomic mass is 16.5. The molecule has 2 aromatic rings. The number of aryl methyl sites for hydroxylation is 1. The van der Waals surface area contributed by atoms with E-state index in [2.05, 4.69) is 13.0 Å². The quantitative estimate of drug-likeness (QED) is 0.124. The molecule has 56 heavy (non-hydrogen) atoms. The van der Waals surface area contributed by atoms with Crippen LogP contribution >= 0.6 is 0 Å². The largest absolute Gasteiger partial charge is 0.488 e. The van der Waals surface area contributed by atoms with Crippen molar-refractivity contribution in [3.05, 3.63) is 64.4 Å². The number of hydrogen-bond donors (Lipinski definition) is 4. The summed E-state index contributed by atoms with van der Waals surface area (Å²) in [5, 5.41) is 28.7. The van der Waals surface area contributed by atoms with Crippen molar-refractivity contribution >= 4 is 29.5 Å². The number of unbranched alkanes of at least 4 members (excludes halogenated alkanes) is 1. The van der Waals surface area contributed by atoms with Gasteiger partial charge >= 0.3 is 11.9 Å². The molecule has 5 aliphatic heterocycles. The molecule has 5 heterocycles. The van der Waals surface area contributed by atoms with Gasteiger partial charge in [0.05, 0.1) is 30.5 Å². The number of fused-ring (bicyclic) bond motifs is 7. The Hall–Kier alpha value is -4.59. The molecule has 2 bridgehead atoms. The van der Waals surface area contributed by atoms with Gasteiger partial charge in [0.2, 0.25) is 5.91 Å². The molecular weight excluding hydrogens is 716 g/mol. The first kappa shape index (κ1) is 41.1. The van der Waals surface area contributed by atoms with Crippen LogP contribution in [0, 0.1) is 17.8 Å². The topological polar surface area (TPSA) is 185 Å². The van der Waals surface area contributed by atoms with E-state index < -0.39 is 30.0 Å². The molecule has 2 amide bonds. The molecule has 13 nitrogen and oxygen atoms in total. The molecule has 13 heteroatoms. The molecule has 4 unspecified atom stereocenters. The van der Waals surface area contributed by atoms with Gasteiger partial charge in [0, 0.05) is 34.6 Å². The van der Waals surface area contributed by atoms with E-state index in [1.54, 1.807) is 25.1 Å². The molecule has 5 atom stereocenters. The van der Waals surface area contributed by atoms with E-state index in [9.17, 15) is 34.2 Å². The molecule has 0 saturated carbocycles. The van der Waals surface area contributed by atoms with E-state index in [4.69, 9.17) is 15.6 Å². The number of nitrogens with zero attached hydrogens (tertiary/aromatic N) is 3. The standard InChI is InChI=1S/C35H40N4O7.C8H16O2/c1-20-26(32(35(44)45)37-31(20)29(21(2)40)34(37)43)19-46-27-7-3-6-24-30(27)23-9-8-22(17-25(23)33(24)42)5-4-10-38-11-14-39(15-12-38,16-13-38)18-28(36)41;1-3-5-6-7(4-2)8(9)10/h3,6-9,17,20-21,29,31,40H,4-5,10-16,18-19H2,1-2H3,(H-2,36,41,44,45);7H,3-6H2,1-2H3,(H,9,10)/p+2/t20-,21?,29?,31?,38?,39?;/m0./s1. The highest BCUT2D eigenvalue weighted by Gasteiger charge is 2.60. The second-order valence-electron chi connectivity index (χ2n) is 16.7. The number of amides is 2. The number of aliphatic hydroxyl groups is 1. The maximum Gasteiger partial charge on any atom is 0.352 e. The maximum atomic E-state index is 13.6. The Morgan fingerprint density at radius 3 is 2.21 bits per heavy atom. The molecule has 5 N–H and O–H groups in total. The number of β-lactam (4-membered cyclic amide) rings is 1. The van der Waals surface area contributed by atoms with Gasteiger partial charge in [0.25, 0.3) is 5.91 Å². The van der Waals surface area contributed by atoms with Crippen molar-refractivity contribution < 1.29 is 53.0 Å². The third kappa shape index (κ3) is 7.73. The van der Waals surface area contributed by atoms with Crippen LogP contribution in [0.1, 0.15) is 81.3 Å². The lowest BCUT2D eigenvalue weighted by Crippen LogP contribution is -2.76. The highest BCUT2D eigenvalue weighted by Crippen LogP contribution is 2.48. The van der Waals surface area contributed by atoms with Gasteiger partial charge in [-0.1, -0.05) is 57.9 Å². The summed E-state index contributed by atoms with van der Waals surface area (Å²) in [5.74, 6) is -3.04. The summed E-state index contributed by atoms with van der Waals surface area (Å²) in [6, 6.07) is 11.0. The predicted octanol–water partition coefficient (Wildman–Crippen LogP) is 3.84. The number of rotatable bonds is 16. The molecule has 6 aliphatic rings. The maximum absolute atomic E-state index is 13.6. The minimum absolute atomic E-state index is 0.0454. The minimum atomic E-state index is -1.20. The van der Waals surface area contributed by atoms with E-state index in [1.807, 2.05) is 26.0 Å². The third-order valence-corrected chi connectivity index (χ3v) is 13.3. The first-order valence-corrected chi connectivity index (χ1v) is 20.3. The van der Waals surface area contributed by atoms with Crippen LogP contribution in [0.5, 0.6) is 5.75 Å². The lowest BCUT2D eigenvalue weighted by molar-refractivity contribution is -1.08. The van der Waals surface area contributed by atoms with E-state index in [0.717, 1.165) is 104 Å². The first-order valence-electron chi connectivity index (χ1n) is 20.3. The molecule has 1 aliphatic carbocycles. The zero-order valence-electron chi connectivity index (χ0n) is 33.2. The summed E-state index contributed by atoms with van der Waals surface area (Å²) in [7, 11) is 0. The van der Waals surface area contributed by atoms with Gasteiger partial charge in [-0.05, 0) is 49.4 Å². The third-order valence-electron chi connectivity index (χ3n) is 13.3. The van der Waals surface area contributed by atoms with E-state index >= 15 is 0 Å². The van der Waals surface area contributed by atoms with Crippen LogP contribution in [0.3, 0.4) is 0 Å². The summed E-state index contributed by atoms with van der Waals surface area (Å²) in [6.07, 6.45) is 4.72. The minimum Gasteiger partial charge on any atom is -0.488 e. The molecule has 0 spiro atoms. The fraction of sp³-hybridized carbons (Fsp3) is 0.558. The Bertz CT molecular complexity index is 1900. The van der Waals surface area contributed by atoms with Crippen molar-refractivity contribution in [3.63, 3.8) is 0 Å². The Labute approximate surface area is 328 Å². The SMILES string of the molecule is CC(O)C1C(=O)N2C(C(=O)O)=C(COc3cccc4c3-c3ccc(CCC[N+]56CC[N+](CC(N)=O)(CC5)CC6)cc3C4=O)[C@H](C)C12.CCCCC(CC)C(=O)O. The predicted molar refractivity (Wildman–Crippen MR) is 208 cm³/mol. The van der Waals surface area contributed by atoms with E-state index in [0.29, 0.717) is 34.6 Å². The lowest BCUT2D eigenvalue weighted by Gasteiger charge is -2.55. The average Bonchev–Trinajstić information content (AvgIpc) is 3.59. The molecule has 8 rings (SSSR count). The van der Waals surface area contributed by atoms with Gasteiger partial charge in [-0.3, -0.25) is 19.2 Å². The number of ketones is 1. The number of carboxylic acids is 2. The highest BCUT2D eigenvalue weighted by molar-refractivity contribution is 6.22. The Morgan fingerprint density at radius 1 is 0.946 bits per heavy atom. The number of ether oxygens (including phenoxy) is 1.